The molecule has 0 saturated carbocycles. The fourth-order valence-corrected chi connectivity index (χ4v) is 2.74. The van der Waals surface area contributed by atoms with Crippen molar-refractivity contribution < 1.29 is 14.3 Å². The Bertz CT molecular complexity index is 945. The first-order valence-corrected chi connectivity index (χ1v) is 8.14. The van der Waals surface area contributed by atoms with Gasteiger partial charge in [0.25, 0.3) is 11.8 Å². The van der Waals surface area contributed by atoms with Crippen LogP contribution in [0.4, 0.5) is 5.69 Å². The van der Waals surface area contributed by atoms with E-state index in [1.807, 2.05) is 6.07 Å². The summed E-state index contributed by atoms with van der Waals surface area (Å²) in [6.07, 6.45) is 6.68. The van der Waals surface area contributed by atoms with Crippen molar-refractivity contribution in [3.8, 4) is 18.1 Å². The van der Waals surface area contributed by atoms with Gasteiger partial charge in [-0.3, -0.25) is 19.8 Å². The third-order valence-electron chi connectivity index (χ3n) is 3.61. The summed E-state index contributed by atoms with van der Waals surface area (Å²) in [5.74, 6) is 1.91. The van der Waals surface area contributed by atoms with Crippen molar-refractivity contribution in [3.05, 3.63) is 65.7 Å². The van der Waals surface area contributed by atoms with Gasteiger partial charge in [-0.1, -0.05) is 36.3 Å². The highest BCUT2D eigenvalue weighted by Gasteiger charge is 2.34. The third-order valence-corrected chi connectivity index (χ3v) is 3.89. The number of para-hydroxylation sites is 1. The molecule has 6 heteroatoms. The van der Waals surface area contributed by atoms with E-state index in [0.717, 1.165) is 0 Å². The second-order valence-corrected chi connectivity index (χ2v) is 5.75. The van der Waals surface area contributed by atoms with Gasteiger partial charge in [-0.15, -0.1) is 6.42 Å². The molecule has 0 unspecified atom stereocenters. The van der Waals surface area contributed by atoms with Gasteiger partial charge in [-0.05, 0) is 48.1 Å². The van der Waals surface area contributed by atoms with Crippen molar-refractivity contribution in [2.75, 3.05) is 11.5 Å². The number of ether oxygens (including phenoxy) is 1. The fourth-order valence-electron chi connectivity index (χ4n) is 2.45. The van der Waals surface area contributed by atoms with E-state index < -0.39 is 11.8 Å². The molecule has 1 saturated heterocycles. The lowest BCUT2D eigenvalue weighted by atomic mass is 10.1. The predicted molar refractivity (Wildman–Crippen MR) is 103 cm³/mol. The molecule has 2 amide bonds. The highest BCUT2D eigenvalue weighted by Crippen LogP contribution is 2.22. The molecular weight excluding hydrogens is 348 g/mol. The van der Waals surface area contributed by atoms with Crippen molar-refractivity contribution in [3.63, 3.8) is 0 Å². The topological polar surface area (TPSA) is 58.6 Å². The molecular formula is C20H14N2O3S. The minimum Gasteiger partial charge on any atom is -0.481 e. The number of nitrogens with one attached hydrogen (secondary N) is 1. The number of nitrogens with zero attached hydrogens (tertiary/aromatic N) is 1. The molecule has 3 rings (SSSR count). The number of rotatable bonds is 4. The minimum atomic E-state index is -0.540. The molecule has 1 fully saturated rings. The SMILES string of the molecule is C#CCOc1cccc(/C=C2\C(=O)NC(=S)N(c3ccccc3)C2=O)c1. The molecule has 1 aliphatic heterocycles. The number of anilines is 1. The summed E-state index contributed by atoms with van der Waals surface area (Å²) in [6, 6.07) is 15.9. The van der Waals surface area contributed by atoms with Crippen LogP contribution in [-0.2, 0) is 9.59 Å². The zero-order valence-electron chi connectivity index (χ0n) is 13.6. The number of amides is 2. The fraction of sp³-hybridized carbons (Fsp3) is 0.0500. The van der Waals surface area contributed by atoms with Crippen LogP contribution >= 0.6 is 12.2 Å². The molecule has 2 aromatic rings. The van der Waals surface area contributed by atoms with Gasteiger partial charge in [-0.25, -0.2) is 0 Å². The molecule has 0 spiro atoms. The van der Waals surface area contributed by atoms with Crippen LogP contribution in [0.15, 0.2) is 60.2 Å². The Morgan fingerprint density at radius 1 is 1.15 bits per heavy atom. The van der Waals surface area contributed by atoms with Crippen molar-refractivity contribution in [2.24, 2.45) is 0 Å². The Morgan fingerprint density at radius 2 is 1.92 bits per heavy atom. The molecule has 1 aliphatic rings. The molecule has 0 bridgehead atoms. The Morgan fingerprint density at radius 3 is 2.65 bits per heavy atom. The van der Waals surface area contributed by atoms with Gasteiger partial charge in [0.2, 0.25) is 0 Å². The Labute approximate surface area is 156 Å². The summed E-state index contributed by atoms with van der Waals surface area (Å²) in [6.45, 7) is 0.134. The summed E-state index contributed by atoms with van der Waals surface area (Å²) in [7, 11) is 0. The van der Waals surface area contributed by atoms with Crippen LogP contribution in [0, 0.1) is 12.3 Å². The second kappa shape index (κ2) is 7.64. The van der Waals surface area contributed by atoms with Gasteiger partial charge in [-0.2, -0.15) is 0 Å². The van der Waals surface area contributed by atoms with E-state index in [0.29, 0.717) is 17.0 Å². The highest BCUT2D eigenvalue weighted by molar-refractivity contribution is 7.80. The number of terminal acetylenes is 1. The molecule has 2 aromatic carbocycles. The molecule has 0 atom stereocenters. The largest absolute Gasteiger partial charge is 0.481 e. The summed E-state index contributed by atoms with van der Waals surface area (Å²) in [5.41, 5.74) is 1.20. The van der Waals surface area contributed by atoms with Crippen LogP contribution in [-0.4, -0.2) is 23.5 Å². The summed E-state index contributed by atoms with van der Waals surface area (Å²) in [5, 5.41) is 2.60. The van der Waals surface area contributed by atoms with Crippen LogP contribution < -0.4 is 15.0 Å². The lowest BCUT2D eigenvalue weighted by Crippen LogP contribution is -2.54. The van der Waals surface area contributed by atoms with Crippen molar-refractivity contribution in [2.45, 2.75) is 0 Å². The van der Waals surface area contributed by atoms with E-state index in [1.165, 1.54) is 11.0 Å². The molecule has 0 aromatic heterocycles. The van der Waals surface area contributed by atoms with Crippen LogP contribution in [0.5, 0.6) is 5.75 Å². The Kier molecular flexibility index (Phi) is 5.11. The van der Waals surface area contributed by atoms with Gasteiger partial charge >= 0.3 is 0 Å². The average molecular weight is 362 g/mol. The number of thiocarbonyl (C=S) groups is 1. The smallest absolute Gasteiger partial charge is 0.270 e. The molecule has 1 N–H and O–H groups in total. The van der Waals surface area contributed by atoms with E-state index in [-0.39, 0.29) is 17.3 Å². The summed E-state index contributed by atoms with van der Waals surface area (Å²) in [4.78, 5) is 26.4. The third kappa shape index (κ3) is 3.63. The van der Waals surface area contributed by atoms with Crippen LogP contribution in [0.2, 0.25) is 0 Å². The van der Waals surface area contributed by atoms with Crippen LogP contribution in [0.3, 0.4) is 0 Å². The standard InChI is InChI=1S/C20H14N2O3S/c1-2-11-25-16-10-6-7-14(12-16)13-17-18(23)21-20(26)22(19(17)24)15-8-4-3-5-9-15/h1,3-10,12-13H,11H2,(H,21,23,26)/b17-13+. The van der Waals surface area contributed by atoms with Crippen molar-refractivity contribution >= 4 is 40.9 Å². The van der Waals surface area contributed by atoms with E-state index in [4.69, 9.17) is 23.4 Å². The average Bonchev–Trinajstić information content (AvgIpc) is 2.64. The molecule has 0 radical (unpaired) electrons. The van der Waals surface area contributed by atoms with Gasteiger partial charge in [0.15, 0.2) is 5.11 Å². The lowest BCUT2D eigenvalue weighted by molar-refractivity contribution is -0.122. The quantitative estimate of drug-likeness (QED) is 0.393. The summed E-state index contributed by atoms with van der Waals surface area (Å²) >= 11 is 5.16. The number of carbonyl (C=O) groups is 2. The first-order valence-electron chi connectivity index (χ1n) is 7.73. The first kappa shape index (κ1) is 17.4. The van der Waals surface area contributed by atoms with E-state index in [2.05, 4.69) is 11.2 Å². The van der Waals surface area contributed by atoms with E-state index in [9.17, 15) is 9.59 Å². The molecule has 128 valence electrons. The van der Waals surface area contributed by atoms with Gasteiger partial charge in [0.05, 0.1) is 5.69 Å². The molecule has 5 nitrogen and oxygen atoms in total. The van der Waals surface area contributed by atoms with Gasteiger partial charge < -0.3 is 4.74 Å². The van der Waals surface area contributed by atoms with Crippen LogP contribution in [0.25, 0.3) is 6.08 Å². The Hall–Kier alpha value is -3.43. The lowest BCUT2D eigenvalue weighted by Gasteiger charge is -2.28. The van der Waals surface area contributed by atoms with Gasteiger partial charge in [0.1, 0.15) is 17.9 Å². The second-order valence-electron chi connectivity index (χ2n) is 5.36. The monoisotopic (exact) mass is 362 g/mol. The Balaban J connectivity index is 1.95. The number of carbonyl (C=O) groups excluding carboxylic acids is 2. The maximum atomic E-state index is 12.9. The van der Waals surface area contributed by atoms with E-state index >= 15 is 0 Å². The highest BCUT2D eigenvalue weighted by atomic mass is 32.1. The number of hydrogen-bond acceptors (Lipinski definition) is 4. The maximum absolute atomic E-state index is 12.9. The zero-order valence-corrected chi connectivity index (χ0v) is 14.5. The van der Waals surface area contributed by atoms with Crippen molar-refractivity contribution in [1.29, 1.82) is 0 Å². The predicted octanol–water partition coefficient (Wildman–Crippen LogP) is 2.53. The van der Waals surface area contributed by atoms with E-state index in [1.54, 1.807) is 48.5 Å². The number of benzene rings is 2. The maximum Gasteiger partial charge on any atom is 0.270 e. The molecule has 0 aliphatic carbocycles. The summed E-state index contributed by atoms with van der Waals surface area (Å²) < 4.78 is 5.36. The molecule has 26 heavy (non-hydrogen) atoms. The minimum absolute atomic E-state index is 0.0171. The molecule has 1 heterocycles. The van der Waals surface area contributed by atoms with Crippen molar-refractivity contribution in [1.82, 2.24) is 5.32 Å². The zero-order chi connectivity index (χ0) is 18.5. The van der Waals surface area contributed by atoms with Crippen LogP contribution in [0.1, 0.15) is 5.56 Å². The normalized spacial score (nSPS) is 15.6. The number of hydrogen-bond donors (Lipinski definition) is 1. The first-order chi connectivity index (χ1) is 12.6. The van der Waals surface area contributed by atoms with Gasteiger partial charge in [0, 0.05) is 0 Å².